The smallest absolute Gasteiger partial charge is 0.375 e. The van der Waals surface area contributed by atoms with Crippen molar-refractivity contribution in [3.63, 3.8) is 0 Å². The first-order valence-electron chi connectivity index (χ1n) is 5.89. The highest BCUT2D eigenvalue weighted by molar-refractivity contribution is 6.38. The molecule has 5 heteroatoms. The van der Waals surface area contributed by atoms with Gasteiger partial charge >= 0.3 is 5.97 Å². The molecule has 0 atom stereocenters. The summed E-state index contributed by atoms with van der Waals surface area (Å²) in [7, 11) is 0. The van der Waals surface area contributed by atoms with Gasteiger partial charge < -0.3 is 4.74 Å². The van der Waals surface area contributed by atoms with Crippen LogP contribution >= 0.6 is 11.6 Å². The molecule has 1 rings (SSSR count). The topological polar surface area (TPSA) is 60.4 Å². The summed E-state index contributed by atoms with van der Waals surface area (Å²) >= 11 is 5.74. The molecule has 0 amide bonds. The molecule has 19 heavy (non-hydrogen) atoms. The second kappa shape index (κ2) is 7.04. The molecule has 0 unspecified atom stereocenters. The van der Waals surface area contributed by atoms with Crippen LogP contribution in [0.1, 0.15) is 30.6 Å². The Hall–Kier alpha value is -1.68. The molecule has 1 aromatic carbocycles. The van der Waals surface area contributed by atoms with Crippen molar-refractivity contribution in [1.29, 1.82) is 0 Å². The Morgan fingerprint density at radius 3 is 2.53 bits per heavy atom. The highest BCUT2D eigenvalue weighted by atomic mass is 35.5. The van der Waals surface area contributed by atoms with E-state index < -0.39 is 24.0 Å². The predicted octanol–water partition coefficient (Wildman–Crippen LogP) is 2.68. The number of hydrogen-bond donors (Lipinski definition) is 0. The number of ketones is 2. The van der Waals surface area contributed by atoms with Gasteiger partial charge in [0.25, 0.3) is 0 Å². The minimum atomic E-state index is -0.968. The molecule has 4 nitrogen and oxygen atoms in total. The van der Waals surface area contributed by atoms with E-state index in [0.29, 0.717) is 10.6 Å². The van der Waals surface area contributed by atoms with Crippen LogP contribution in [0.15, 0.2) is 24.3 Å². The van der Waals surface area contributed by atoms with Crippen LogP contribution in [-0.2, 0) is 14.3 Å². The maximum Gasteiger partial charge on any atom is 0.375 e. The molecule has 0 spiro atoms. The first kappa shape index (κ1) is 15.4. The van der Waals surface area contributed by atoms with E-state index in [0.717, 1.165) is 0 Å². The molecule has 0 aliphatic heterocycles. The van der Waals surface area contributed by atoms with E-state index in [1.165, 1.54) is 6.07 Å². The van der Waals surface area contributed by atoms with Crippen LogP contribution in [0.5, 0.6) is 0 Å². The third-order valence-corrected chi connectivity index (χ3v) is 2.48. The maximum absolute atomic E-state index is 11.8. The van der Waals surface area contributed by atoms with Crippen LogP contribution in [0.4, 0.5) is 0 Å². The SMILES string of the molecule is CC(C)COC(=O)C(=O)CC(=O)c1cccc(Cl)c1. The molecule has 0 saturated heterocycles. The van der Waals surface area contributed by atoms with Crippen molar-refractivity contribution < 1.29 is 19.1 Å². The number of Topliss-reactive ketones (excluding diaryl/α,β-unsaturated/α-hetero) is 2. The van der Waals surface area contributed by atoms with Crippen molar-refractivity contribution in [3.8, 4) is 0 Å². The van der Waals surface area contributed by atoms with Crippen molar-refractivity contribution in [1.82, 2.24) is 0 Å². The molecule has 0 saturated carbocycles. The zero-order valence-electron chi connectivity index (χ0n) is 10.8. The third-order valence-electron chi connectivity index (χ3n) is 2.24. The monoisotopic (exact) mass is 282 g/mol. The molecule has 0 aromatic heterocycles. The number of carbonyl (C=O) groups is 3. The average Bonchev–Trinajstić information content (AvgIpc) is 2.35. The van der Waals surface area contributed by atoms with Crippen LogP contribution in [-0.4, -0.2) is 24.1 Å². The van der Waals surface area contributed by atoms with Gasteiger partial charge in [-0.05, 0) is 18.1 Å². The summed E-state index contributed by atoms with van der Waals surface area (Å²) in [5.41, 5.74) is 0.303. The van der Waals surface area contributed by atoms with E-state index in [4.69, 9.17) is 16.3 Å². The number of carbonyl (C=O) groups excluding carboxylic acids is 3. The number of ether oxygens (including phenoxy) is 1. The second-order valence-corrected chi connectivity index (χ2v) is 4.96. The van der Waals surface area contributed by atoms with Crippen LogP contribution in [0.25, 0.3) is 0 Å². The van der Waals surface area contributed by atoms with E-state index in [-0.39, 0.29) is 12.5 Å². The van der Waals surface area contributed by atoms with Gasteiger partial charge in [-0.3, -0.25) is 9.59 Å². The molecule has 0 aliphatic rings. The normalized spacial score (nSPS) is 10.3. The Balaban J connectivity index is 2.57. The van der Waals surface area contributed by atoms with Crippen LogP contribution in [0.3, 0.4) is 0 Å². The standard InChI is InChI=1S/C14H15ClO4/c1-9(2)8-19-14(18)13(17)7-12(16)10-4-3-5-11(15)6-10/h3-6,9H,7-8H2,1-2H3. The van der Waals surface area contributed by atoms with Gasteiger partial charge in [0.2, 0.25) is 5.78 Å². The molecular weight excluding hydrogens is 268 g/mol. The maximum atomic E-state index is 11.8. The van der Waals surface area contributed by atoms with Crippen molar-refractivity contribution in [2.75, 3.05) is 6.61 Å². The number of benzene rings is 1. The van der Waals surface area contributed by atoms with Crippen LogP contribution < -0.4 is 0 Å². The van der Waals surface area contributed by atoms with Crippen molar-refractivity contribution in [3.05, 3.63) is 34.9 Å². The van der Waals surface area contributed by atoms with Crippen LogP contribution in [0.2, 0.25) is 5.02 Å². The Kier molecular flexibility index (Phi) is 5.70. The van der Waals surface area contributed by atoms with Gasteiger partial charge in [-0.1, -0.05) is 37.6 Å². The first-order valence-corrected chi connectivity index (χ1v) is 6.26. The lowest BCUT2D eigenvalue weighted by Crippen LogP contribution is -2.22. The molecule has 1 aromatic rings. The lowest BCUT2D eigenvalue weighted by molar-refractivity contribution is -0.154. The summed E-state index contributed by atoms with van der Waals surface area (Å²) in [5, 5.41) is 0.403. The van der Waals surface area contributed by atoms with Gasteiger partial charge in [0, 0.05) is 10.6 Å². The fourth-order valence-corrected chi connectivity index (χ4v) is 1.50. The molecule has 0 N–H and O–H groups in total. The largest absolute Gasteiger partial charge is 0.460 e. The highest BCUT2D eigenvalue weighted by Crippen LogP contribution is 2.12. The summed E-state index contributed by atoms with van der Waals surface area (Å²) in [5.74, 6) is -2.12. The van der Waals surface area contributed by atoms with Gasteiger partial charge in [-0.15, -0.1) is 0 Å². The molecule has 0 bridgehead atoms. The van der Waals surface area contributed by atoms with Gasteiger partial charge in [0.05, 0.1) is 13.0 Å². The van der Waals surface area contributed by atoms with Crippen LogP contribution in [0, 0.1) is 5.92 Å². The Morgan fingerprint density at radius 1 is 1.26 bits per heavy atom. The number of rotatable bonds is 6. The minimum Gasteiger partial charge on any atom is -0.460 e. The van der Waals surface area contributed by atoms with E-state index in [1.54, 1.807) is 18.2 Å². The molecule has 102 valence electrons. The van der Waals surface area contributed by atoms with E-state index in [2.05, 4.69) is 0 Å². The van der Waals surface area contributed by atoms with Gasteiger partial charge in [0.15, 0.2) is 5.78 Å². The van der Waals surface area contributed by atoms with Crippen molar-refractivity contribution >= 4 is 29.1 Å². The number of hydrogen-bond acceptors (Lipinski definition) is 4. The Bertz CT molecular complexity index is 494. The third kappa shape index (κ3) is 5.22. The molecule has 0 heterocycles. The van der Waals surface area contributed by atoms with Gasteiger partial charge in [-0.25, -0.2) is 4.79 Å². The molecule has 0 aliphatic carbocycles. The number of esters is 1. The summed E-state index contributed by atoms with van der Waals surface area (Å²) < 4.78 is 4.76. The minimum absolute atomic E-state index is 0.139. The Morgan fingerprint density at radius 2 is 1.95 bits per heavy atom. The molecule has 0 radical (unpaired) electrons. The first-order chi connectivity index (χ1) is 8.90. The van der Waals surface area contributed by atoms with E-state index in [1.807, 2.05) is 13.8 Å². The zero-order chi connectivity index (χ0) is 14.4. The quantitative estimate of drug-likeness (QED) is 0.348. The molecule has 0 fully saturated rings. The lowest BCUT2D eigenvalue weighted by atomic mass is 10.1. The summed E-state index contributed by atoms with van der Waals surface area (Å²) in [6.45, 7) is 3.87. The Labute approximate surface area is 116 Å². The van der Waals surface area contributed by atoms with Crippen molar-refractivity contribution in [2.24, 2.45) is 5.92 Å². The predicted molar refractivity (Wildman–Crippen MR) is 71.2 cm³/mol. The highest BCUT2D eigenvalue weighted by Gasteiger charge is 2.20. The summed E-state index contributed by atoms with van der Waals surface area (Å²) in [6.07, 6.45) is -0.503. The van der Waals surface area contributed by atoms with Gasteiger partial charge in [-0.2, -0.15) is 0 Å². The summed E-state index contributed by atoms with van der Waals surface area (Å²) in [6, 6.07) is 6.23. The lowest BCUT2D eigenvalue weighted by Gasteiger charge is -2.06. The van der Waals surface area contributed by atoms with E-state index >= 15 is 0 Å². The summed E-state index contributed by atoms with van der Waals surface area (Å²) in [4.78, 5) is 34.6. The van der Waals surface area contributed by atoms with E-state index in [9.17, 15) is 14.4 Å². The fourth-order valence-electron chi connectivity index (χ4n) is 1.30. The fraction of sp³-hybridized carbons (Fsp3) is 0.357. The number of halogens is 1. The zero-order valence-corrected chi connectivity index (χ0v) is 11.6. The van der Waals surface area contributed by atoms with Crippen molar-refractivity contribution in [2.45, 2.75) is 20.3 Å². The second-order valence-electron chi connectivity index (χ2n) is 4.53. The van der Waals surface area contributed by atoms with Gasteiger partial charge in [0.1, 0.15) is 0 Å². The average molecular weight is 283 g/mol. The molecular formula is C14H15ClO4.